The Morgan fingerprint density at radius 1 is 0.574 bits per heavy atom. The number of carbonyl (C=O) groups excluding carboxylic acids is 2. The van der Waals surface area contributed by atoms with E-state index >= 15 is 0 Å². The summed E-state index contributed by atoms with van der Waals surface area (Å²) in [4.78, 5) is 29.0. The molecule has 4 aromatic carbocycles. The van der Waals surface area contributed by atoms with Crippen LogP contribution in [0.1, 0.15) is 118 Å². The largest absolute Gasteiger partial charge is 4.00 e. The van der Waals surface area contributed by atoms with Gasteiger partial charge in [0.1, 0.15) is 0 Å². The van der Waals surface area contributed by atoms with Crippen molar-refractivity contribution in [1.29, 1.82) is 0 Å². The van der Waals surface area contributed by atoms with Crippen LogP contribution in [-0.4, -0.2) is 61.1 Å². The molecule has 336 valence electrons. The van der Waals surface area contributed by atoms with Crippen LogP contribution in [-0.2, 0) is 53.9 Å². The second kappa shape index (κ2) is 33.1. The van der Waals surface area contributed by atoms with Crippen LogP contribution in [0.2, 0.25) is 0 Å². The molecule has 0 aliphatic carbocycles. The van der Waals surface area contributed by atoms with Crippen molar-refractivity contribution in [3.8, 4) is 0 Å². The van der Waals surface area contributed by atoms with Crippen LogP contribution < -0.4 is 0 Å². The summed E-state index contributed by atoms with van der Waals surface area (Å²) in [6.45, 7) is 18.9. The van der Waals surface area contributed by atoms with Gasteiger partial charge in [0.15, 0.2) is 0 Å². The standard InChI is InChI=1S/2C20H30F2NO2.2C5H5.Ti/c2*1-5-7-12-25-13-11-23(19(24)20(3,4)10-6-2)15-16-8-9-17(21)14-18(16)22;2*1-2-4-5-3-1;/h2*8-9H,5-7,10-13,15H2,1-4H3;2*1-5H;/q4*-1;+4. The number of ether oxygens (including phenoxy) is 2. The summed E-state index contributed by atoms with van der Waals surface area (Å²) in [5, 5.41) is 0. The van der Waals surface area contributed by atoms with E-state index < -0.39 is 34.1 Å². The summed E-state index contributed by atoms with van der Waals surface area (Å²) >= 11 is 0. The van der Waals surface area contributed by atoms with Gasteiger partial charge in [0, 0.05) is 73.5 Å². The average molecular weight is 887 g/mol. The minimum Gasteiger partial charge on any atom is -0.380 e. The number of hydrogen-bond donors (Lipinski definition) is 0. The fraction of sp³-hybridized carbons (Fsp3) is 0.520. The molecule has 0 radical (unpaired) electrons. The Hall–Kier alpha value is -3.57. The maximum Gasteiger partial charge on any atom is 4.00 e. The monoisotopic (exact) mass is 886 g/mol. The van der Waals surface area contributed by atoms with Crippen molar-refractivity contribution in [3.05, 3.63) is 131 Å². The molecule has 0 bridgehead atoms. The molecule has 4 rings (SSSR count). The zero-order valence-electron chi connectivity index (χ0n) is 37.9. The summed E-state index contributed by atoms with van der Waals surface area (Å²) in [5.41, 5.74) is -0.539. The molecule has 0 spiro atoms. The van der Waals surface area contributed by atoms with Crippen molar-refractivity contribution in [2.75, 3.05) is 39.5 Å². The van der Waals surface area contributed by atoms with E-state index in [-0.39, 0.29) is 57.7 Å². The molecule has 0 aliphatic heterocycles. The quantitative estimate of drug-likeness (QED) is 0.0341. The first-order chi connectivity index (χ1) is 28.6. The predicted molar refractivity (Wildman–Crippen MR) is 234 cm³/mol. The van der Waals surface area contributed by atoms with Crippen molar-refractivity contribution in [2.24, 2.45) is 10.8 Å². The van der Waals surface area contributed by atoms with E-state index in [9.17, 15) is 27.2 Å². The van der Waals surface area contributed by atoms with Crippen molar-refractivity contribution >= 4 is 11.8 Å². The molecule has 0 aromatic heterocycles. The summed E-state index contributed by atoms with van der Waals surface area (Å²) in [6.07, 6.45) is 7.30. The van der Waals surface area contributed by atoms with Crippen LogP contribution in [0.5, 0.6) is 0 Å². The topological polar surface area (TPSA) is 59.1 Å². The molecule has 0 N–H and O–H groups in total. The van der Waals surface area contributed by atoms with E-state index in [0.29, 0.717) is 39.5 Å². The summed E-state index contributed by atoms with van der Waals surface area (Å²) in [6, 6.07) is 29.1. The zero-order chi connectivity index (χ0) is 44.8. The number of carbonyl (C=O) groups is 2. The molecule has 0 unspecified atom stereocenters. The Morgan fingerprint density at radius 3 is 1.18 bits per heavy atom. The smallest absolute Gasteiger partial charge is 0.380 e. The Labute approximate surface area is 380 Å². The third-order valence-corrected chi connectivity index (χ3v) is 9.50. The maximum atomic E-state index is 13.9. The van der Waals surface area contributed by atoms with Crippen LogP contribution >= 0.6 is 0 Å². The molecule has 6 nitrogen and oxygen atoms in total. The third kappa shape index (κ3) is 24.6. The van der Waals surface area contributed by atoms with Crippen molar-refractivity contribution in [2.45, 2.75) is 120 Å². The van der Waals surface area contributed by atoms with E-state index in [1.807, 2.05) is 114 Å². The third-order valence-electron chi connectivity index (χ3n) is 9.50. The van der Waals surface area contributed by atoms with E-state index in [0.717, 1.165) is 63.5 Å². The number of unbranched alkanes of at least 4 members (excludes halogenated alkanes) is 2. The number of amides is 2. The second-order valence-electron chi connectivity index (χ2n) is 15.9. The maximum absolute atomic E-state index is 13.9. The zero-order valence-corrected chi connectivity index (χ0v) is 39.5. The Morgan fingerprint density at radius 2 is 0.918 bits per heavy atom. The minimum absolute atomic E-state index is 0. The van der Waals surface area contributed by atoms with Gasteiger partial charge in [-0.3, -0.25) is 9.59 Å². The van der Waals surface area contributed by atoms with Crippen LogP contribution in [0.25, 0.3) is 0 Å². The molecule has 0 atom stereocenters. The first-order valence-electron chi connectivity index (χ1n) is 21.4. The van der Waals surface area contributed by atoms with Gasteiger partial charge in [-0.05, 0) is 25.7 Å². The number of hydrogen-bond acceptors (Lipinski definition) is 4. The van der Waals surface area contributed by atoms with Gasteiger partial charge < -0.3 is 19.3 Å². The van der Waals surface area contributed by atoms with Gasteiger partial charge in [0.2, 0.25) is 11.8 Å². The molecular formula is C50H70F4N2O4Ti. The van der Waals surface area contributed by atoms with Gasteiger partial charge in [-0.1, -0.05) is 81.1 Å². The van der Waals surface area contributed by atoms with E-state index in [1.165, 1.54) is 12.1 Å². The van der Waals surface area contributed by atoms with Crippen molar-refractivity contribution in [1.82, 2.24) is 9.80 Å². The van der Waals surface area contributed by atoms with Crippen molar-refractivity contribution < 1.29 is 58.3 Å². The Balaban J connectivity index is 0.000000940. The predicted octanol–water partition coefficient (Wildman–Crippen LogP) is 12.3. The number of halogens is 4. The number of nitrogens with zero attached hydrogens (tertiary/aromatic N) is 2. The van der Waals surface area contributed by atoms with Crippen LogP contribution in [0, 0.1) is 46.2 Å². The molecule has 11 heteroatoms. The fourth-order valence-electron chi connectivity index (χ4n) is 6.12. The first-order valence-corrected chi connectivity index (χ1v) is 21.4. The molecule has 0 saturated carbocycles. The molecule has 0 fully saturated rings. The molecule has 0 aliphatic rings. The molecule has 61 heavy (non-hydrogen) atoms. The normalized spacial score (nSPS) is 10.8. The SMILES string of the molecule is CCCCOCCN(Cc1ccc(F)[c-]c1F)C(=O)C(C)(C)CCC.CCCCOCCN(Cc1ccc(F)[c-]c1F)C(=O)C(C)(C)CCC.[Ti+4].c1cc[cH-]c1.c1cc[cH-]c1. The molecule has 0 saturated heterocycles. The number of rotatable bonds is 22. The van der Waals surface area contributed by atoms with Crippen LogP contribution in [0.3, 0.4) is 0 Å². The van der Waals surface area contributed by atoms with Gasteiger partial charge in [-0.15, -0.1) is 35.4 Å². The van der Waals surface area contributed by atoms with Gasteiger partial charge in [0.25, 0.3) is 0 Å². The van der Waals surface area contributed by atoms with Crippen LogP contribution in [0.4, 0.5) is 17.6 Å². The molecule has 4 aromatic rings. The minimum atomic E-state index is -0.752. The van der Waals surface area contributed by atoms with Gasteiger partial charge >= 0.3 is 21.7 Å². The van der Waals surface area contributed by atoms with Crippen LogP contribution in [0.15, 0.2) is 84.9 Å². The average Bonchev–Trinajstić information content (AvgIpc) is 3.99. The second-order valence-corrected chi connectivity index (χ2v) is 15.9. The fourth-order valence-corrected chi connectivity index (χ4v) is 6.12. The van der Waals surface area contributed by atoms with Crippen molar-refractivity contribution in [3.63, 3.8) is 0 Å². The van der Waals surface area contributed by atoms with Gasteiger partial charge in [0.05, 0.1) is 13.2 Å². The van der Waals surface area contributed by atoms with E-state index in [4.69, 9.17) is 9.47 Å². The molecule has 0 heterocycles. The summed E-state index contributed by atoms with van der Waals surface area (Å²) < 4.78 is 65.1. The van der Waals surface area contributed by atoms with E-state index in [1.54, 1.807) is 9.80 Å². The summed E-state index contributed by atoms with van der Waals surface area (Å²) in [7, 11) is 0. The first kappa shape index (κ1) is 57.4. The van der Waals surface area contributed by atoms with E-state index in [2.05, 4.69) is 13.8 Å². The van der Waals surface area contributed by atoms with Gasteiger partial charge in [-0.25, -0.2) is 41.8 Å². The molecule has 2 amide bonds. The Bertz CT molecular complexity index is 1520. The summed E-state index contributed by atoms with van der Waals surface area (Å²) in [5.74, 6) is -3.08. The number of benzene rings is 2. The Kier molecular flexibility index (Phi) is 31.1. The van der Waals surface area contributed by atoms with Gasteiger partial charge in [-0.2, -0.15) is 48.5 Å². The molecular weight excluding hydrogens is 816 g/mol.